The highest BCUT2D eigenvalue weighted by molar-refractivity contribution is 6.35. The summed E-state index contributed by atoms with van der Waals surface area (Å²) in [5.41, 5.74) is 8.34. The van der Waals surface area contributed by atoms with Crippen LogP contribution in [0.3, 0.4) is 0 Å². The molecule has 25 heavy (non-hydrogen) atoms. The van der Waals surface area contributed by atoms with Gasteiger partial charge in [0.25, 0.3) is 5.91 Å². The standard InChI is InChI=1S/C23H19NO/c1-15-8-9-17(12-16(15)2)13-21-20-11-10-19(14-22(20)24-23(21)25)18-6-4-3-5-7-18/h3-14H,1-2H3,(H,24,25)/b21-13-. The van der Waals surface area contributed by atoms with Crippen molar-refractivity contribution in [3.8, 4) is 11.1 Å². The van der Waals surface area contributed by atoms with Gasteiger partial charge in [0, 0.05) is 16.8 Å². The minimum Gasteiger partial charge on any atom is -0.321 e. The van der Waals surface area contributed by atoms with E-state index in [1.54, 1.807) is 0 Å². The Morgan fingerprint density at radius 3 is 2.36 bits per heavy atom. The SMILES string of the molecule is Cc1ccc(/C=C2\C(=O)Nc3cc(-c4ccccc4)ccc32)cc1C. The number of hydrogen-bond donors (Lipinski definition) is 1. The van der Waals surface area contributed by atoms with Gasteiger partial charge in [-0.25, -0.2) is 0 Å². The highest BCUT2D eigenvalue weighted by Gasteiger charge is 2.24. The number of amides is 1. The third kappa shape index (κ3) is 2.87. The van der Waals surface area contributed by atoms with Crippen molar-refractivity contribution in [3.05, 3.63) is 89.0 Å². The second-order valence-electron chi connectivity index (χ2n) is 6.48. The number of rotatable bonds is 2. The Balaban J connectivity index is 1.75. The molecule has 2 nitrogen and oxygen atoms in total. The predicted molar refractivity (Wildman–Crippen MR) is 104 cm³/mol. The van der Waals surface area contributed by atoms with E-state index in [1.165, 1.54) is 11.1 Å². The Morgan fingerprint density at radius 2 is 1.60 bits per heavy atom. The summed E-state index contributed by atoms with van der Waals surface area (Å²) in [6.07, 6.45) is 1.97. The van der Waals surface area contributed by atoms with Crippen LogP contribution in [0.5, 0.6) is 0 Å². The number of carbonyl (C=O) groups is 1. The first kappa shape index (κ1) is 15.4. The highest BCUT2D eigenvalue weighted by atomic mass is 16.2. The summed E-state index contributed by atoms with van der Waals surface area (Å²) in [5, 5.41) is 3.00. The third-order valence-electron chi connectivity index (χ3n) is 4.75. The second kappa shape index (κ2) is 6.06. The van der Waals surface area contributed by atoms with Crippen LogP contribution in [0.4, 0.5) is 5.69 Å². The molecule has 0 atom stereocenters. The second-order valence-corrected chi connectivity index (χ2v) is 6.48. The molecule has 2 heteroatoms. The zero-order chi connectivity index (χ0) is 17.4. The van der Waals surface area contributed by atoms with Gasteiger partial charge in [0.05, 0.1) is 0 Å². The summed E-state index contributed by atoms with van der Waals surface area (Å²) in [5.74, 6) is -0.0431. The molecule has 0 saturated carbocycles. The van der Waals surface area contributed by atoms with Crippen molar-refractivity contribution in [1.29, 1.82) is 0 Å². The fourth-order valence-corrected chi connectivity index (χ4v) is 3.17. The van der Waals surface area contributed by atoms with Crippen LogP contribution in [-0.4, -0.2) is 5.91 Å². The molecule has 3 aromatic carbocycles. The van der Waals surface area contributed by atoms with Crippen molar-refractivity contribution in [2.24, 2.45) is 0 Å². The Bertz CT molecular complexity index is 1000. The maximum absolute atomic E-state index is 12.5. The van der Waals surface area contributed by atoms with Gasteiger partial charge < -0.3 is 5.32 Å². The average molecular weight is 325 g/mol. The first-order chi connectivity index (χ1) is 12.1. The van der Waals surface area contributed by atoms with Crippen molar-refractivity contribution in [1.82, 2.24) is 0 Å². The molecule has 3 aromatic rings. The van der Waals surface area contributed by atoms with Gasteiger partial charge in [-0.15, -0.1) is 0 Å². The van der Waals surface area contributed by atoms with E-state index in [2.05, 4.69) is 55.6 Å². The van der Waals surface area contributed by atoms with E-state index in [9.17, 15) is 4.79 Å². The molecule has 4 rings (SSSR count). The number of aryl methyl sites for hydroxylation is 2. The fraction of sp³-hybridized carbons (Fsp3) is 0.0870. The minimum absolute atomic E-state index is 0.0431. The van der Waals surface area contributed by atoms with E-state index in [1.807, 2.05) is 36.4 Å². The zero-order valence-corrected chi connectivity index (χ0v) is 14.3. The molecule has 0 aliphatic carbocycles. The van der Waals surface area contributed by atoms with Crippen LogP contribution in [-0.2, 0) is 4.79 Å². The molecule has 1 amide bonds. The molecule has 0 spiro atoms. The van der Waals surface area contributed by atoms with E-state index in [-0.39, 0.29) is 5.91 Å². The normalized spacial score (nSPS) is 14.5. The molecule has 0 saturated heterocycles. The number of carbonyl (C=O) groups excluding carboxylic acids is 1. The van der Waals surface area contributed by atoms with Gasteiger partial charge in [0.15, 0.2) is 0 Å². The molecular formula is C23H19NO. The monoisotopic (exact) mass is 325 g/mol. The van der Waals surface area contributed by atoms with E-state index < -0.39 is 0 Å². The van der Waals surface area contributed by atoms with Crippen LogP contribution >= 0.6 is 0 Å². The zero-order valence-electron chi connectivity index (χ0n) is 14.3. The Labute approximate surface area is 147 Å². The number of nitrogens with one attached hydrogen (secondary N) is 1. The summed E-state index contributed by atoms with van der Waals surface area (Å²) in [6.45, 7) is 4.18. The van der Waals surface area contributed by atoms with E-state index >= 15 is 0 Å². The number of fused-ring (bicyclic) bond motifs is 1. The number of benzene rings is 3. The Kier molecular flexibility index (Phi) is 3.73. The quantitative estimate of drug-likeness (QED) is 0.623. The Morgan fingerprint density at radius 1 is 0.800 bits per heavy atom. The molecular weight excluding hydrogens is 306 g/mol. The van der Waals surface area contributed by atoms with Gasteiger partial charge in [-0.05, 0) is 53.8 Å². The minimum atomic E-state index is -0.0431. The third-order valence-corrected chi connectivity index (χ3v) is 4.75. The molecule has 1 heterocycles. The molecule has 0 bridgehead atoms. The van der Waals surface area contributed by atoms with Gasteiger partial charge in [0.2, 0.25) is 0 Å². The van der Waals surface area contributed by atoms with Crippen LogP contribution in [0.25, 0.3) is 22.8 Å². The lowest BCUT2D eigenvalue weighted by atomic mass is 9.98. The van der Waals surface area contributed by atoms with E-state index in [0.29, 0.717) is 0 Å². The summed E-state index contributed by atoms with van der Waals surface area (Å²) >= 11 is 0. The molecule has 1 N–H and O–H groups in total. The van der Waals surface area contributed by atoms with Crippen LogP contribution in [0.15, 0.2) is 66.7 Å². The van der Waals surface area contributed by atoms with Crippen LogP contribution in [0.1, 0.15) is 22.3 Å². The molecule has 0 aromatic heterocycles. The number of hydrogen-bond acceptors (Lipinski definition) is 1. The van der Waals surface area contributed by atoms with Crippen molar-refractivity contribution in [2.75, 3.05) is 5.32 Å². The van der Waals surface area contributed by atoms with Crippen molar-refractivity contribution in [2.45, 2.75) is 13.8 Å². The summed E-state index contributed by atoms with van der Waals surface area (Å²) in [7, 11) is 0. The van der Waals surface area contributed by atoms with Crippen molar-refractivity contribution >= 4 is 23.2 Å². The van der Waals surface area contributed by atoms with Gasteiger partial charge in [-0.3, -0.25) is 4.79 Å². The summed E-state index contributed by atoms with van der Waals surface area (Å²) < 4.78 is 0. The van der Waals surface area contributed by atoms with Crippen molar-refractivity contribution in [3.63, 3.8) is 0 Å². The summed E-state index contributed by atoms with van der Waals surface area (Å²) in [4.78, 5) is 12.5. The Hall–Kier alpha value is -3.13. The lowest BCUT2D eigenvalue weighted by Gasteiger charge is -2.05. The van der Waals surface area contributed by atoms with Gasteiger partial charge in [0.1, 0.15) is 0 Å². The highest BCUT2D eigenvalue weighted by Crippen LogP contribution is 2.36. The van der Waals surface area contributed by atoms with E-state index in [4.69, 9.17) is 0 Å². The maximum Gasteiger partial charge on any atom is 0.256 e. The van der Waals surface area contributed by atoms with Crippen LogP contribution < -0.4 is 5.32 Å². The van der Waals surface area contributed by atoms with Gasteiger partial charge in [-0.1, -0.05) is 60.7 Å². The number of anilines is 1. The van der Waals surface area contributed by atoms with Gasteiger partial charge >= 0.3 is 0 Å². The largest absolute Gasteiger partial charge is 0.321 e. The maximum atomic E-state index is 12.5. The van der Waals surface area contributed by atoms with E-state index in [0.717, 1.165) is 33.5 Å². The van der Waals surface area contributed by atoms with Crippen LogP contribution in [0.2, 0.25) is 0 Å². The molecule has 1 aliphatic heterocycles. The predicted octanol–water partition coefficient (Wildman–Crippen LogP) is 5.46. The first-order valence-electron chi connectivity index (χ1n) is 8.42. The molecule has 0 radical (unpaired) electrons. The lowest BCUT2D eigenvalue weighted by molar-refractivity contribution is -0.110. The smallest absolute Gasteiger partial charge is 0.256 e. The van der Waals surface area contributed by atoms with Crippen molar-refractivity contribution < 1.29 is 4.79 Å². The molecule has 0 unspecified atom stereocenters. The molecule has 122 valence electrons. The van der Waals surface area contributed by atoms with Crippen LogP contribution in [0, 0.1) is 13.8 Å². The fourth-order valence-electron chi connectivity index (χ4n) is 3.17. The molecule has 1 aliphatic rings. The lowest BCUT2D eigenvalue weighted by Crippen LogP contribution is -2.03. The molecule has 0 fully saturated rings. The summed E-state index contributed by atoms with van der Waals surface area (Å²) in [6, 6.07) is 22.6. The topological polar surface area (TPSA) is 29.1 Å². The first-order valence-corrected chi connectivity index (χ1v) is 8.42. The van der Waals surface area contributed by atoms with Gasteiger partial charge in [-0.2, -0.15) is 0 Å². The average Bonchev–Trinajstić information content (AvgIpc) is 2.93.